The second-order valence-electron chi connectivity index (χ2n) is 3.35. The first-order valence-electron chi connectivity index (χ1n) is 4.08. The van der Waals surface area contributed by atoms with Crippen molar-refractivity contribution in [2.75, 3.05) is 0 Å². The molecule has 0 unspecified atom stereocenters. The number of ether oxygens (including phenoxy) is 1. The summed E-state index contributed by atoms with van der Waals surface area (Å²) in [6.07, 6.45) is 0. The van der Waals surface area contributed by atoms with Gasteiger partial charge in [0.1, 0.15) is 5.75 Å². The van der Waals surface area contributed by atoms with Crippen LogP contribution in [0.1, 0.15) is 13.8 Å². The van der Waals surface area contributed by atoms with E-state index in [0.29, 0.717) is 10.8 Å². The molecule has 0 aromatic heterocycles. The Labute approximate surface area is 87.3 Å². The molecule has 0 aliphatic carbocycles. The van der Waals surface area contributed by atoms with Crippen molar-refractivity contribution < 1.29 is 14.6 Å². The van der Waals surface area contributed by atoms with Crippen molar-refractivity contribution in [3.8, 4) is 5.75 Å². The van der Waals surface area contributed by atoms with Gasteiger partial charge < -0.3 is 4.74 Å². The van der Waals surface area contributed by atoms with Gasteiger partial charge in [0.05, 0.1) is 0 Å². The van der Waals surface area contributed by atoms with Crippen LogP contribution in [0.5, 0.6) is 5.75 Å². The number of hydrogen-bond donors (Lipinski definition) is 0. The lowest BCUT2D eigenvalue weighted by Crippen LogP contribution is -2.37. The number of carbonyl (C=O) groups excluding carboxylic acids is 1. The van der Waals surface area contributed by atoms with E-state index in [1.165, 1.54) is 13.8 Å². The smallest absolute Gasteiger partial charge is 0.398 e. The number of benzene rings is 1. The number of rotatable bonds is 3. The molecule has 0 amide bonds. The predicted molar refractivity (Wildman–Crippen MR) is 51.9 cm³/mol. The summed E-state index contributed by atoms with van der Waals surface area (Å²) in [6.45, 7) is 2.86. The Morgan fingerprint density at radius 3 is 2.21 bits per heavy atom. The van der Waals surface area contributed by atoms with Crippen LogP contribution in [-0.2, 0) is 9.90 Å². The fourth-order valence-electron chi connectivity index (χ4n) is 0.839. The predicted octanol–water partition coefficient (Wildman–Crippen LogP) is 2.45. The highest BCUT2D eigenvalue weighted by Gasteiger charge is 2.31. The first-order chi connectivity index (χ1) is 6.42. The molecule has 0 aliphatic rings. The Morgan fingerprint density at radius 2 is 1.79 bits per heavy atom. The van der Waals surface area contributed by atoms with Crippen molar-refractivity contribution in [2.24, 2.45) is 0 Å². The molecule has 0 spiro atoms. The summed E-state index contributed by atoms with van der Waals surface area (Å²) in [5, 5.41) is 11.2. The molecule has 1 aromatic rings. The zero-order valence-electron chi connectivity index (χ0n) is 7.91. The molecule has 3 nitrogen and oxygen atoms in total. The van der Waals surface area contributed by atoms with Crippen molar-refractivity contribution in [2.45, 2.75) is 19.4 Å². The van der Waals surface area contributed by atoms with Crippen molar-refractivity contribution in [3.63, 3.8) is 0 Å². The first kappa shape index (κ1) is 10.9. The van der Waals surface area contributed by atoms with Crippen molar-refractivity contribution >= 4 is 17.6 Å². The molecule has 0 N–H and O–H groups in total. The van der Waals surface area contributed by atoms with E-state index in [1.807, 2.05) is 0 Å². The van der Waals surface area contributed by atoms with Crippen LogP contribution in [0.25, 0.3) is 0 Å². The molecule has 75 valence electrons. The Bertz CT molecular complexity index is 330. The summed E-state index contributed by atoms with van der Waals surface area (Å²) in [7, 11) is 0. The van der Waals surface area contributed by atoms with Crippen LogP contribution in [0.15, 0.2) is 24.3 Å². The highest BCUT2D eigenvalue weighted by atomic mass is 35.5. The van der Waals surface area contributed by atoms with Crippen molar-refractivity contribution in [3.05, 3.63) is 29.3 Å². The molecule has 1 radical (unpaired) electrons. The standard InChI is InChI=1S/C10H10ClO3/c1-10(2,9(12)13)14-8-5-3-7(11)4-6-8/h3-6H,1-2H3. The highest BCUT2D eigenvalue weighted by molar-refractivity contribution is 6.30. The van der Waals surface area contributed by atoms with E-state index in [0.717, 1.165) is 0 Å². The Hall–Kier alpha value is -1.22. The van der Waals surface area contributed by atoms with Gasteiger partial charge in [0.2, 0.25) is 5.60 Å². The minimum absolute atomic E-state index is 0.448. The van der Waals surface area contributed by atoms with Gasteiger partial charge in [-0.1, -0.05) is 11.6 Å². The molecule has 1 aromatic carbocycles. The van der Waals surface area contributed by atoms with E-state index in [4.69, 9.17) is 16.3 Å². The summed E-state index contributed by atoms with van der Waals surface area (Å²) in [4.78, 5) is 10.6. The van der Waals surface area contributed by atoms with Crippen LogP contribution in [0, 0.1) is 0 Å². The van der Waals surface area contributed by atoms with Crippen LogP contribution >= 0.6 is 11.6 Å². The zero-order chi connectivity index (χ0) is 10.8. The molecule has 0 heterocycles. The maximum atomic E-state index is 10.6. The number of carbonyl (C=O) groups is 1. The lowest BCUT2D eigenvalue weighted by Gasteiger charge is -2.19. The first-order valence-corrected chi connectivity index (χ1v) is 4.45. The zero-order valence-corrected chi connectivity index (χ0v) is 8.67. The van der Waals surface area contributed by atoms with Crippen LogP contribution in [0.4, 0.5) is 0 Å². The summed E-state index contributed by atoms with van der Waals surface area (Å²) < 4.78 is 5.20. The molecule has 14 heavy (non-hydrogen) atoms. The molecule has 0 saturated carbocycles. The molecule has 1 rings (SSSR count). The molecule has 0 saturated heterocycles. The summed E-state index contributed by atoms with van der Waals surface area (Å²) in [5.74, 6) is -0.809. The van der Waals surface area contributed by atoms with E-state index >= 15 is 0 Å². The maximum Gasteiger partial charge on any atom is 0.398 e. The lowest BCUT2D eigenvalue weighted by atomic mass is 10.1. The molecule has 4 heteroatoms. The van der Waals surface area contributed by atoms with Crippen LogP contribution in [0.2, 0.25) is 5.02 Å². The van der Waals surface area contributed by atoms with Gasteiger partial charge in [-0.3, -0.25) is 0 Å². The molecule has 0 aliphatic heterocycles. The van der Waals surface area contributed by atoms with Gasteiger partial charge in [0.15, 0.2) is 0 Å². The normalized spacial score (nSPS) is 11.1. The SMILES string of the molecule is CC(C)(Oc1ccc(Cl)cc1)C([O])=O. The van der Waals surface area contributed by atoms with Gasteiger partial charge in [-0.25, -0.2) is 9.90 Å². The van der Waals surface area contributed by atoms with Gasteiger partial charge in [-0.05, 0) is 38.1 Å². The van der Waals surface area contributed by atoms with E-state index in [2.05, 4.69) is 0 Å². The minimum Gasteiger partial charge on any atom is -0.476 e. The van der Waals surface area contributed by atoms with E-state index in [1.54, 1.807) is 24.3 Å². The van der Waals surface area contributed by atoms with Crippen molar-refractivity contribution in [1.29, 1.82) is 0 Å². The third kappa shape index (κ3) is 2.64. The topological polar surface area (TPSA) is 46.2 Å². The minimum atomic E-state index is -1.34. The third-order valence-corrected chi connectivity index (χ3v) is 1.93. The highest BCUT2D eigenvalue weighted by Crippen LogP contribution is 2.20. The average Bonchev–Trinajstić information content (AvgIpc) is 2.08. The monoisotopic (exact) mass is 213 g/mol. The molecule has 0 fully saturated rings. The largest absolute Gasteiger partial charge is 0.476 e. The van der Waals surface area contributed by atoms with Crippen LogP contribution < -0.4 is 4.74 Å². The fourth-order valence-corrected chi connectivity index (χ4v) is 0.965. The average molecular weight is 214 g/mol. The van der Waals surface area contributed by atoms with E-state index in [-0.39, 0.29) is 0 Å². The van der Waals surface area contributed by atoms with E-state index < -0.39 is 11.6 Å². The maximum absolute atomic E-state index is 10.6. The summed E-state index contributed by atoms with van der Waals surface area (Å²) in [5.41, 5.74) is -1.34. The van der Waals surface area contributed by atoms with Crippen LogP contribution in [0.3, 0.4) is 0 Å². The van der Waals surface area contributed by atoms with Crippen molar-refractivity contribution in [1.82, 2.24) is 0 Å². The Balaban J connectivity index is 2.79. The molecule has 0 atom stereocenters. The Kier molecular flexibility index (Phi) is 3.01. The number of halogens is 1. The van der Waals surface area contributed by atoms with Gasteiger partial charge in [0.25, 0.3) is 0 Å². The summed E-state index contributed by atoms with van der Waals surface area (Å²) >= 11 is 5.66. The molecular weight excluding hydrogens is 204 g/mol. The molecular formula is C10H10ClO3. The number of hydrogen-bond acceptors (Lipinski definition) is 2. The summed E-state index contributed by atoms with van der Waals surface area (Å²) in [6, 6.07) is 6.46. The second kappa shape index (κ2) is 3.88. The van der Waals surface area contributed by atoms with E-state index in [9.17, 15) is 9.90 Å². The third-order valence-electron chi connectivity index (χ3n) is 1.68. The fraction of sp³-hybridized carbons (Fsp3) is 0.300. The Morgan fingerprint density at radius 1 is 1.29 bits per heavy atom. The van der Waals surface area contributed by atoms with Crippen LogP contribution in [-0.4, -0.2) is 11.6 Å². The second-order valence-corrected chi connectivity index (χ2v) is 3.79. The molecule has 0 bridgehead atoms. The van der Waals surface area contributed by atoms with Gasteiger partial charge >= 0.3 is 5.97 Å². The van der Waals surface area contributed by atoms with Gasteiger partial charge in [0, 0.05) is 5.02 Å². The quantitative estimate of drug-likeness (QED) is 0.774. The van der Waals surface area contributed by atoms with Gasteiger partial charge in [-0.15, -0.1) is 0 Å². The lowest BCUT2D eigenvalue weighted by molar-refractivity contribution is -0.158. The van der Waals surface area contributed by atoms with Gasteiger partial charge in [-0.2, -0.15) is 0 Å².